The molecule has 3 rings (SSSR count). The van der Waals surface area contributed by atoms with Crippen LogP contribution in [0.5, 0.6) is 5.75 Å². The van der Waals surface area contributed by atoms with Gasteiger partial charge >= 0.3 is 6.09 Å². The van der Waals surface area contributed by atoms with Gasteiger partial charge in [0.2, 0.25) is 5.91 Å². The lowest BCUT2D eigenvalue weighted by Crippen LogP contribution is -2.53. The molecule has 0 aliphatic rings. The Morgan fingerprint density at radius 1 is 0.953 bits per heavy atom. The van der Waals surface area contributed by atoms with Crippen LogP contribution in [0.2, 0.25) is 0 Å². The number of aromatic hydroxyl groups is 1. The fourth-order valence-corrected chi connectivity index (χ4v) is 4.88. The Bertz CT molecular complexity index is 1500. The molecular formula is C34H40N4O5. The third kappa shape index (κ3) is 8.82. The van der Waals surface area contributed by atoms with Crippen LogP contribution >= 0.6 is 0 Å². The number of phenols is 1. The number of ether oxygens (including phenoxy) is 1. The normalized spacial score (nSPS) is 12.4. The largest absolute Gasteiger partial charge is 0.508 e. The minimum absolute atomic E-state index is 0.0262. The van der Waals surface area contributed by atoms with Gasteiger partial charge in [0, 0.05) is 12.1 Å². The van der Waals surface area contributed by atoms with Crippen molar-refractivity contribution in [3.8, 4) is 11.8 Å². The first kappa shape index (κ1) is 32.7. The average molecular weight is 585 g/mol. The fraction of sp³-hybridized carbons (Fsp3) is 0.353. The Labute approximate surface area is 253 Å². The second-order valence-electron chi connectivity index (χ2n) is 11.7. The molecule has 0 heterocycles. The van der Waals surface area contributed by atoms with Gasteiger partial charge < -0.3 is 25.4 Å². The molecule has 226 valence electrons. The zero-order valence-electron chi connectivity index (χ0n) is 25.8. The molecule has 0 aliphatic heterocycles. The maximum Gasteiger partial charge on any atom is 0.408 e. The third-order valence-corrected chi connectivity index (χ3v) is 6.90. The van der Waals surface area contributed by atoms with E-state index in [1.165, 1.54) is 17.0 Å². The average Bonchev–Trinajstić information content (AvgIpc) is 2.91. The number of rotatable bonds is 9. The molecule has 2 unspecified atom stereocenters. The number of nitrogens with zero attached hydrogens (tertiary/aromatic N) is 2. The van der Waals surface area contributed by atoms with Crippen molar-refractivity contribution in [1.82, 2.24) is 10.2 Å². The molecule has 3 N–H and O–H groups in total. The van der Waals surface area contributed by atoms with Gasteiger partial charge in [0.15, 0.2) is 0 Å². The smallest absolute Gasteiger partial charge is 0.408 e. The van der Waals surface area contributed by atoms with Crippen LogP contribution in [0.15, 0.2) is 60.7 Å². The number of hydrogen-bond donors (Lipinski definition) is 3. The molecule has 9 heteroatoms. The van der Waals surface area contributed by atoms with Gasteiger partial charge in [-0.05, 0) is 88.4 Å². The first-order valence-corrected chi connectivity index (χ1v) is 14.1. The number of para-hydroxylation sites is 1. The Morgan fingerprint density at radius 3 is 2.14 bits per heavy atom. The first-order chi connectivity index (χ1) is 20.2. The van der Waals surface area contributed by atoms with Crippen LogP contribution < -0.4 is 10.6 Å². The van der Waals surface area contributed by atoms with Crippen LogP contribution in [0.1, 0.15) is 60.2 Å². The number of alkyl carbamates (subject to hydrolysis) is 1. The molecule has 2 atom stereocenters. The summed E-state index contributed by atoms with van der Waals surface area (Å²) in [6, 6.07) is 17.1. The van der Waals surface area contributed by atoms with Crippen LogP contribution in [-0.2, 0) is 20.7 Å². The maximum absolute atomic E-state index is 14.4. The number of phenolic OH excluding ortho intramolecular Hbond substituents is 1. The minimum Gasteiger partial charge on any atom is -0.508 e. The topological polar surface area (TPSA) is 132 Å². The number of nitrogens with one attached hydrogen (secondary N) is 2. The van der Waals surface area contributed by atoms with Crippen molar-refractivity contribution in [3.05, 3.63) is 94.0 Å². The van der Waals surface area contributed by atoms with Gasteiger partial charge in [-0.25, -0.2) is 4.79 Å². The van der Waals surface area contributed by atoms with Crippen LogP contribution in [0, 0.1) is 39.0 Å². The van der Waals surface area contributed by atoms with E-state index in [2.05, 4.69) is 10.6 Å². The molecule has 3 aromatic carbocycles. The predicted octanol–water partition coefficient (Wildman–Crippen LogP) is 5.79. The lowest BCUT2D eigenvalue weighted by molar-refractivity contribution is -0.140. The zero-order chi connectivity index (χ0) is 31.9. The lowest BCUT2D eigenvalue weighted by Gasteiger charge is -2.34. The molecule has 3 amide bonds. The first-order valence-electron chi connectivity index (χ1n) is 14.1. The highest BCUT2D eigenvalue weighted by molar-refractivity contribution is 6.00. The van der Waals surface area contributed by atoms with Crippen molar-refractivity contribution in [2.45, 2.75) is 72.6 Å². The van der Waals surface area contributed by atoms with E-state index in [4.69, 9.17) is 4.74 Å². The number of hydrogen-bond acceptors (Lipinski definition) is 6. The summed E-state index contributed by atoms with van der Waals surface area (Å²) in [5, 5.41) is 25.3. The Hall–Kier alpha value is -4.84. The summed E-state index contributed by atoms with van der Waals surface area (Å²) in [4.78, 5) is 42.6. The highest BCUT2D eigenvalue weighted by Crippen LogP contribution is 2.29. The van der Waals surface area contributed by atoms with Crippen molar-refractivity contribution < 1.29 is 24.2 Å². The number of benzene rings is 3. The van der Waals surface area contributed by atoms with Crippen molar-refractivity contribution >= 4 is 23.6 Å². The lowest BCUT2D eigenvalue weighted by atomic mass is 9.95. The molecule has 0 fully saturated rings. The van der Waals surface area contributed by atoms with Crippen molar-refractivity contribution in [3.63, 3.8) is 0 Å². The van der Waals surface area contributed by atoms with E-state index in [0.29, 0.717) is 16.8 Å². The van der Waals surface area contributed by atoms with Crippen molar-refractivity contribution in [2.24, 2.45) is 0 Å². The SMILES string of the molecule is Cc1ccc(C(C(=O)Nc2c(C)cccc2C)N(CC#N)C(=O)C(Cc2ccc(O)cc2)NC(=O)OC(C)(C)C)c(C)c1. The van der Waals surface area contributed by atoms with E-state index in [9.17, 15) is 24.8 Å². The number of nitriles is 1. The monoisotopic (exact) mass is 584 g/mol. The second kappa shape index (κ2) is 13.9. The number of aryl methyl sites for hydroxylation is 4. The predicted molar refractivity (Wildman–Crippen MR) is 165 cm³/mol. The summed E-state index contributed by atoms with van der Waals surface area (Å²) in [6.45, 7) is 12.2. The van der Waals surface area contributed by atoms with Gasteiger partial charge in [-0.15, -0.1) is 0 Å². The fourth-order valence-electron chi connectivity index (χ4n) is 4.88. The molecule has 0 bridgehead atoms. The molecule has 0 spiro atoms. The Balaban J connectivity index is 2.11. The number of amides is 3. The highest BCUT2D eigenvalue weighted by atomic mass is 16.6. The van der Waals surface area contributed by atoms with Gasteiger partial charge in [-0.2, -0.15) is 5.26 Å². The molecule has 0 saturated heterocycles. The molecule has 3 aromatic rings. The second-order valence-corrected chi connectivity index (χ2v) is 11.7. The van der Waals surface area contributed by atoms with E-state index in [1.807, 2.05) is 64.1 Å². The zero-order valence-corrected chi connectivity index (χ0v) is 25.8. The van der Waals surface area contributed by atoms with Gasteiger partial charge in [0.1, 0.15) is 30.0 Å². The Morgan fingerprint density at radius 2 is 1.58 bits per heavy atom. The van der Waals surface area contributed by atoms with Gasteiger partial charge in [0.05, 0.1) is 6.07 Å². The summed E-state index contributed by atoms with van der Waals surface area (Å²) in [6.07, 6.45) is -0.789. The van der Waals surface area contributed by atoms with E-state index in [-0.39, 0.29) is 12.2 Å². The van der Waals surface area contributed by atoms with Crippen LogP contribution in [0.25, 0.3) is 0 Å². The summed E-state index contributed by atoms with van der Waals surface area (Å²) < 4.78 is 5.44. The molecule has 43 heavy (non-hydrogen) atoms. The van der Waals surface area contributed by atoms with Gasteiger partial charge in [-0.1, -0.05) is 54.1 Å². The van der Waals surface area contributed by atoms with Crippen molar-refractivity contribution in [1.29, 1.82) is 5.26 Å². The highest BCUT2D eigenvalue weighted by Gasteiger charge is 2.37. The van der Waals surface area contributed by atoms with Crippen molar-refractivity contribution in [2.75, 3.05) is 11.9 Å². The van der Waals surface area contributed by atoms with Crippen LogP contribution in [0.3, 0.4) is 0 Å². The van der Waals surface area contributed by atoms with E-state index in [0.717, 1.165) is 22.3 Å². The quantitative estimate of drug-likeness (QED) is 0.273. The maximum atomic E-state index is 14.4. The summed E-state index contributed by atoms with van der Waals surface area (Å²) in [5.74, 6) is -1.08. The van der Waals surface area contributed by atoms with E-state index < -0.39 is 42.1 Å². The minimum atomic E-state index is -1.19. The molecule has 0 saturated carbocycles. The molecule has 0 aromatic heterocycles. The summed E-state index contributed by atoms with van der Waals surface area (Å²) in [5.41, 5.74) is 4.45. The van der Waals surface area contributed by atoms with E-state index >= 15 is 0 Å². The standard InChI is InChI=1S/C34H40N4O5/c1-21-11-16-27(24(4)19-21)30(31(40)37-29-22(2)9-8-10-23(29)3)38(18-17-35)32(41)28(36-33(42)43-34(5,6)7)20-25-12-14-26(39)15-13-25/h8-16,19,28,30,39H,18,20H2,1-7H3,(H,36,42)(H,37,40). The molecule has 0 radical (unpaired) electrons. The molecule has 0 aliphatic carbocycles. The number of carbonyl (C=O) groups is 3. The Kier molecular flexibility index (Phi) is 10.5. The number of carbonyl (C=O) groups excluding carboxylic acids is 3. The third-order valence-electron chi connectivity index (χ3n) is 6.90. The van der Waals surface area contributed by atoms with Gasteiger partial charge in [-0.3, -0.25) is 9.59 Å². The van der Waals surface area contributed by atoms with Crippen LogP contribution in [0.4, 0.5) is 10.5 Å². The van der Waals surface area contributed by atoms with Crippen LogP contribution in [-0.4, -0.2) is 46.1 Å². The van der Waals surface area contributed by atoms with E-state index in [1.54, 1.807) is 39.0 Å². The molecule has 9 nitrogen and oxygen atoms in total. The molecular weight excluding hydrogens is 544 g/mol. The summed E-state index contributed by atoms with van der Waals surface area (Å²) in [7, 11) is 0. The summed E-state index contributed by atoms with van der Waals surface area (Å²) >= 11 is 0. The van der Waals surface area contributed by atoms with Gasteiger partial charge in [0.25, 0.3) is 5.91 Å². The number of anilines is 1.